The number of piperidine rings is 1. The van der Waals surface area contributed by atoms with E-state index in [0.29, 0.717) is 25.6 Å². The van der Waals surface area contributed by atoms with Crippen LogP contribution in [0.2, 0.25) is 5.15 Å². The molecule has 7 nitrogen and oxygen atoms in total. The van der Waals surface area contributed by atoms with Crippen molar-refractivity contribution in [3.63, 3.8) is 0 Å². The van der Waals surface area contributed by atoms with Crippen molar-refractivity contribution < 1.29 is 9.72 Å². The summed E-state index contributed by atoms with van der Waals surface area (Å²) in [5.74, 6) is 0.0658. The zero-order chi connectivity index (χ0) is 15.4. The lowest BCUT2D eigenvalue weighted by Gasteiger charge is -2.32. The van der Waals surface area contributed by atoms with Crippen molar-refractivity contribution in [1.82, 2.24) is 9.88 Å². The van der Waals surface area contributed by atoms with Crippen LogP contribution in [-0.4, -0.2) is 40.3 Å². The molecule has 114 valence electrons. The van der Waals surface area contributed by atoms with E-state index in [1.165, 1.54) is 6.07 Å². The van der Waals surface area contributed by atoms with Gasteiger partial charge in [0.25, 0.3) is 11.6 Å². The highest BCUT2D eigenvalue weighted by atomic mass is 35.5. The topological polar surface area (TPSA) is 102 Å². The Kier molecular flexibility index (Phi) is 5.08. The minimum absolute atomic E-state index is 0.00783. The summed E-state index contributed by atoms with van der Waals surface area (Å²) in [5, 5.41) is 10.8. The van der Waals surface area contributed by atoms with Crippen LogP contribution in [0.25, 0.3) is 0 Å². The quantitative estimate of drug-likeness (QED) is 0.519. The molecule has 21 heavy (non-hydrogen) atoms. The average molecular weight is 313 g/mol. The van der Waals surface area contributed by atoms with Gasteiger partial charge in [-0.2, -0.15) is 0 Å². The van der Waals surface area contributed by atoms with Crippen LogP contribution in [-0.2, 0) is 0 Å². The number of amides is 1. The van der Waals surface area contributed by atoms with Gasteiger partial charge in [-0.25, -0.2) is 4.98 Å². The number of pyridine rings is 1. The summed E-state index contributed by atoms with van der Waals surface area (Å²) in [6, 6.07) is 1.18. The third-order valence-electron chi connectivity index (χ3n) is 3.65. The number of carbonyl (C=O) groups is 1. The van der Waals surface area contributed by atoms with Crippen LogP contribution in [0.1, 0.15) is 29.6 Å². The predicted octanol–water partition coefficient (Wildman–Crippen LogP) is 1.84. The first-order valence-electron chi connectivity index (χ1n) is 6.82. The molecule has 1 unspecified atom stereocenters. The van der Waals surface area contributed by atoms with Gasteiger partial charge in [0, 0.05) is 19.2 Å². The Hall–Kier alpha value is -1.73. The van der Waals surface area contributed by atoms with E-state index in [1.54, 1.807) is 4.90 Å². The molecule has 1 aliphatic heterocycles. The van der Waals surface area contributed by atoms with Gasteiger partial charge in [0.15, 0.2) is 0 Å². The van der Waals surface area contributed by atoms with E-state index in [1.807, 2.05) is 0 Å². The molecule has 0 aliphatic carbocycles. The molecule has 1 atom stereocenters. The van der Waals surface area contributed by atoms with E-state index >= 15 is 0 Å². The summed E-state index contributed by atoms with van der Waals surface area (Å²) in [5.41, 5.74) is 5.40. The Morgan fingerprint density at radius 2 is 2.38 bits per heavy atom. The van der Waals surface area contributed by atoms with Crippen molar-refractivity contribution in [2.75, 3.05) is 19.6 Å². The molecule has 0 spiro atoms. The van der Waals surface area contributed by atoms with Crippen LogP contribution in [0.5, 0.6) is 0 Å². The van der Waals surface area contributed by atoms with Gasteiger partial charge < -0.3 is 10.6 Å². The first-order chi connectivity index (χ1) is 10.0. The van der Waals surface area contributed by atoms with Crippen LogP contribution in [0.3, 0.4) is 0 Å². The molecule has 1 amide bonds. The van der Waals surface area contributed by atoms with Crippen LogP contribution in [0.15, 0.2) is 12.3 Å². The van der Waals surface area contributed by atoms with Crippen molar-refractivity contribution in [1.29, 1.82) is 0 Å². The number of aromatic nitrogens is 1. The molecule has 1 aliphatic rings. The van der Waals surface area contributed by atoms with E-state index in [2.05, 4.69) is 4.98 Å². The number of nitrogens with two attached hydrogens (primary N) is 1. The zero-order valence-corrected chi connectivity index (χ0v) is 12.3. The third-order valence-corrected chi connectivity index (χ3v) is 3.95. The SMILES string of the molecule is NCCC1CCCN(C(=O)c2cc([N+](=O)[O-])cnc2Cl)C1. The number of hydrogen-bond donors (Lipinski definition) is 1. The van der Waals surface area contributed by atoms with E-state index in [9.17, 15) is 14.9 Å². The minimum Gasteiger partial charge on any atom is -0.338 e. The van der Waals surface area contributed by atoms with Gasteiger partial charge >= 0.3 is 0 Å². The number of nitro groups is 1. The number of halogens is 1. The van der Waals surface area contributed by atoms with Gasteiger partial charge in [-0.3, -0.25) is 14.9 Å². The predicted molar refractivity (Wildman–Crippen MR) is 78.2 cm³/mol. The second-order valence-electron chi connectivity index (χ2n) is 5.13. The number of nitrogens with zero attached hydrogens (tertiary/aromatic N) is 3. The van der Waals surface area contributed by atoms with Crippen molar-refractivity contribution in [3.05, 3.63) is 33.1 Å². The summed E-state index contributed by atoms with van der Waals surface area (Å²) in [7, 11) is 0. The molecule has 0 saturated carbocycles. The fourth-order valence-electron chi connectivity index (χ4n) is 2.58. The van der Waals surface area contributed by atoms with Crippen molar-refractivity contribution in [2.24, 2.45) is 11.7 Å². The monoisotopic (exact) mass is 312 g/mol. The summed E-state index contributed by atoms with van der Waals surface area (Å²) >= 11 is 5.91. The standard InChI is InChI=1S/C13H17ClN4O3/c14-12-11(6-10(7-16-12)18(20)21)13(19)17-5-1-2-9(8-17)3-4-15/h6-7,9H,1-5,8,15H2. The van der Waals surface area contributed by atoms with Gasteiger partial charge in [-0.05, 0) is 31.7 Å². The Morgan fingerprint density at radius 3 is 3.05 bits per heavy atom. The molecule has 1 fully saturated rings. The smallest absolute Gasteiger partial charge is 0.288 e. The molecule has 1 saturated heterocycles. The molecule has 2 rings (SSSR count). The minimum atomic E-state index is -0.590. The summed E-state index contributed by atoms with van der Waals surface area (Å²) in [4.78, 5) is 28.1. The van der Waals surface area contributed by atoms with Crippen molar-refractivity contribution in [2.45, 2.75) is 19.3 Å². The van der Waals surface area contributed by atoms with Gasteiger partial charge in [-0.15, -0.1) is 0 Å². The number of rotatable bonds is 4. The first-order valence-corrected chi connectivity index (χ1v) is 7.20. The highest BCUT2D eigenvalue weighted by Crippen LogP contribution is 2.24. The maximum absolute atomic E-state index is 12.5. The number of carbonyl (C=O) groups excluding carboxylic acids is 1. The molecule has 0 bridgehead atoms. The molecule has 2 heterocycles. The Labute approximate surface area is 127 Å². The Balaban J connectivity index is 2.19. The lowest BCUT2D eigenvalue weighted by atomic mass is 9.94. The molecule has 1 aromatic rings. The van der Waals surface area contributed by atoms with Gasteiger partial charge in [0.1, 0.15) is 11.3 Å². The van der Waals surface area contributed by atoms with Crippen LogP contribution in [0, 0.1) is 16.0 Å². The molecule has 1 aromatic heterocycles. The van der Waals surface area contributed by atoms with Gasteiger partial charge in [0.05, 0.1) is 10.5 Å². The largest absolute Gasteiger partial charge is 0.338 e. The van der Waals surface area contributed by atoms with Gasteiger partial charge in [0.2, 0.25) is 0 Å². The first kappa shape index (κ1) is 15.7. The maximum atomic E-state index is 12.5. The van der Waals surface area contributed by atoms with E-state index < -0.39 is 4.92 Å². The average Bonchev–Trinajstić information content (AvgIpc) is 2.47. The lowest BCUT2D eigenvalue weighted by molar-refractivity contribution is -0.385. The van der Waals surface area contributed by atoms with E-state index in [4.69, 9.17) is 17.3 Å². The Bertz CT molecular complexity index is 550. The molecule has 0 radical (unpaired) electrons. The fourth-order valence-corrected chi connectivity index (χ4v) is 2.76. The van der Waals surface area contributed by atoms with Crippen molar-refractivity contribution >= 4 is 23.2 Å². The summed E-state index contributed by atoms with van der Waals surface area (Å²) < 4.78 is 0. The lowest BCUT2D eigenvalue weighted by Crippen LogP contribution is -2.40. The maximum Gasteiger partial charge on any atom is 0.288 e. The number of hydrogen-bond acceptors (Lipinski definition) is 5. The third kappa shape index (κ3) is 3.68. The molecule has 2 N–H and O–H groups in total. The Morgan fingerprint density at radius 1 is 1.62 bits per heavy atom. The molecular formula is C13H17ClN4O3. The highest BCUT2D eigenvalue weighted by molar-refractivity contribution is 6.32. The van der Waals surface area contributed by atoms with E-state index in [-0.39, 0.29) is 22.3 Å². The van der Waals surface area contributed by atoms with E-state index in [0.717, 1.165) is 25.5 Å². The van der Waals surface area contributed by atoms with Crippen LogP contribution >= 0.6 is 11.6 Å². The highest BCUT2D eigenvalue weighted by Gasteiger charge is 2.27. The molecule has 0 aromatic carbocycles. The number of likely N-dealkylation sites (tertiary alicyclic amines) is 1. The molecule has 8 heteroatoms. The van der Waals surface area contributed by atoms with Crippen LogP contribution in [0.4, 0.5) is 5.69 Å². The molecular weight excluding hydrogens is 296 g/mol. The summed E-state index contributed by atoms with van der Waals surface area (Å²) in [6.45, 7) is 1.82. The van der Waals surface area contributed by atoms with Gasteiger partial charge in [-0.1, -0.05) is 11.6 Å². The second-order valence-corrected chi connectivity index (χ2v) is 5.48. The zero-order valence-electron chi connectivity index (χ0n) is 11.5. The fraction of sp³-hybridized carbons (Fsp3) is 0.538. The normalized spacial score (nSPS) is 18.6. The summed E-state index contributed by atoms with van der Waals surface area (Å²) in [6.07, 6.45) is 3.86. The second kappa shape index (κ2) is 6.82. The van der Waals surface area contributed by atoms with Crippen LogP contribution < -0.4 is 5.73 Å². The van der Waals surface area contributed by atoms with Crippen molar-refractivity contribution in [3.8, 4) is 0 Å².